The first-order valence-electron chi connectivity index (χ1n) is 6.89. The Morgan fingerprint density at radius 1 is 1.26 bits per heavy atom. The Balaban J connectivity index is 1.69. The molecule has 0 spiro atoms. The Labute approximate surface area is 113 Å². The molecule has 0 bridgehead atoms. The van der Waals surface area contributed by atoms with Gasteiger partial charge in [-0.15, -0.1) is 0 Å². The molecule has 1 aliphatic carbocycles. The maximum atomic E-state index is 9.09. The van der Waals surface area contributed by atoms with E-state index in [1.807, 2.05) is 12.1 Å². The van der Waals surface area contributed by atoms with Crippen molar-refractivity contribution in [1.82, 2.24) is 5.32 Å². The molecule has 1 aliphatic heterocycles. The second-order valence-corrected chi connectivity index (χ2v) is 5.10. The lowest BCUT2D eigenvalue weighted by Gasteiger charge is -2.22. The molecular formula is C15H18N2O2. The SMILES string of the molecule is N#CC1CCCC1NCc1cccc2c1OCCO2. The molecule has 3 rings (SSSR count). The molecule has 100 valence electrons. The predicted molar refractivity (Wildman–Crippen MR) is 71.0 cm³/mol. The van der Waals surface area contributed by atoms with Crippen molar-refractivity contribution in [2.45, 2.75) is 31.8 Å². The van der Waals surface area contributed by atoms with Gasteiger partial charge in [0.25, 0.3) is 0 Å². The fraction of sp³-hybridized carbons (Fsp3) is 0.533. The fourth-order valence-electron chi connectivity index (χ4n) is 2.87. The molecule has 1 fully saturated rings. The number of nitrogens with zero attached hydrogens (tertiary/aromatic N) is 1. The van der Waals surface area contributed by atoms with Crippen LogP contribution in [-0.4, -0.2) is 19.3 Å². The van der Waals surface area contributed by atoms with E-state index >= 15 is 0 Å². The molecule has 1 aromatic carbocycles. The molecule has 19 heavy (non-hydrogen) atoms. The molecule has 0 saturated heterocycles. The highest BCUT2D eigenvalue weighted by Crippen LogP contribution is 2.34. The summed E-state index contributed by atoms with van der Waals surface area (Å²) in [5, 5.41) is 12.6. The first-order valence-corrected chi connectivity index (χ1v) is 6.89. The zero-order chi connectivity index (χ0) is 13.1. The molecule has 4 heteroatoms. The van der Waals surface area contributed by atoms with Crippen molar-refractivity contribution in [1.29, 1.82) is 5.26 Å². The van der Waals surface area contributed by atoms with Gasteiger partial charge >= 0.3 is 0 Å². The highest BCUT2D eigenvalue weighted by molar-refractivity contribution is 5.47. The van der Waals surface area contributed by atoms with Crippen LogP contribution in [0.2, 0.25) is 0 Å². The van der Waals surface area contributed by atoms with Crippen LogP contribution in [0.25, 0.3) is 0 Å². The third-order valence-corrected chi connectivity index (χ3v) is 3.88. The van der Waals surface area contributed by atoms with E-state index in [0.29, 0.717) is 19.3 Å². The molecule has 2 atom stereocenters. The number of hydrogen-bond acceptors (Lipinski definition) is 4. The first-order chi connectivity index (χ1) is 9.38. The standard InChI is InChI=1S/C15H18N2O2/c16-9-11-3-1-5-13(11)17-10-12-4-2-6-14-15(12)19-8-7-18-14/h2,4,6,11,13,17H,1,3,5,7-8,10H2. The van der Waals surface area contributed by atoms with Crippen LogP contribution in [0.5, 0.6) is 11.5 Å². The fourth-order valence-corrected chi connectivity index (χ4v) is 2.87. The Kier molecular flexibility index (Phi) is 3.56. The number of nitrogens with one attached hydrogen (secondary N) is 1. The molecule has 1 saturated carbocycles. The zero-order valence-corrected chi connectivity index (χ0v) is 10.9. The minimum atomic E-state index is 0.150. The van der Waals surface area contributed by atoms with E-state index in [2.05, 4.69) is 17.5 Å². The third-order valence-electron chi connectivity index (χ3n) is 3.88. The lowest BCUT2D eigenvalue weighted by atomic mass is 10.1. The maximum Gasteiger partial charge on any atom is 0.165 e. The third kappa shape index (κ3) is 2.52. The highest BCUT2D eigenvalue weighted by Gasteiger charge is 2.27. The van der Waals surface area contributed by atoms with E-state index in [1.165, 1.54) is 0 Å². The van der Waals surface area contributed by atoms with Crippen LogP contribution >= 0.6 is 0 Å². The molecular weight excluding hydrogens is 240 g/mol. The van der Waals surface area contributed by atoms with Crippen molar-refractivity contribution in [2.24, 2.45) is 5.92 Å². The molecule has 1 heterocycles. The van der Waals surface area contributed by atoms with Gasteiger partial charge in [0.2, 0.25) is 0 Å². The lowest BCUT2D eigenvalue weighted by Crippen LogP contribution is -2.31. The zero-order valence-electron chi connectivity index (χ0n) is 10.9. The van der Waals surface area contributed by atoms with E-state index in [9.17, 15) is 0 Å². The summed E-state index contributed by atoms with van der Waals surface area (Å²) in [7, 11) is 0. The summed E-state index contributed by atoms with van der Waals surface area (Å²) in [6.07, 6.45) is 3.24. The molecule has 1 aromatic rings. The van der Waals surface area contributed by atoms with E-state index in [1.54, 1.807) is 0 Å². The van der Waals surface area contributed by atoms with Crippen molar-refractivity contribution in [3.8, 4) is 17.6 Å². The van der Waals surface area contributed by atoms with Gasteiger partial charge in [0.05, 0.1) is 12.0 Å². The largest absolute Gasteiger partial charge is 0.486 e. The Bertz CT molecular complexity index is 495. The number of hydrogen-bond donors (Lipinski definition) is 1. The number of para-hydroxylation sites is 1. The number of benzene rings is 1. The minimum Gasteiger partial charge on any atom is -0.486 e. The van der Waals surface area contributed by atoms with Gasteiger partial charge in [-0.25, -0.2) is 0 Å². The van der Waals surface area contributed by atoms with Crippen LogP contribution in [0.4, 0.5) is 0 Å². The van der Waals surface area contributed by atoms with Crippen LogP contribution in [0, 0.1) is 17.2 Å². The van der Waals surface area contributed by atoms with Crippen molar-refractivity contribution in [3.05, 3.63) is 23.8 Å². The van der Waals surface area contributed by atoms with Crippen LogP contribution in [0.1, 0.15) is 24.8 Å². The normalized spacial score (nSPS) is 25.0. The van der Waals surface area contributed by atoms with Gasteiger partial charge in [0.1, 0.15) is 13.2 Å². The summed E-state index contributed by atoms with van der Waals surface area (Å²) in [5.74, 6) is 1.83. The number of fused-ring (bicyclic) bond motifs is 1. The van der Waals surface area contributed by atoms with Gasteiger partial charge in [-0.3, -0.25) is 0 Å². The van der Waals surface area contributed by atoms with Crippen LogP contribution < -0.4 is 14.8 Å². The van der Waals surface area contributed by atoms with Crippen LogP contribution in [-0.2, 0) is 6.54 Å². The molecule has 4 nitrogen and oxygen atoms in total. The molecule has 0 aromatic heterocycles. The molecule has 1 N–H and O–H groups in total. The minimum absolute atomic E-state index is 0.150. The summed E-state index contributed by atoms with van der Waals surface area (Å²) in [6.45, 7) is 1.95. The summed E-state index contributed by atoms with van der Waals surface area (Å²) in [4.78, 5) is 0. The van der Waals surface area contributed by atoms with Gasteiger partial charge in [0, 0.05) is 18.2 Å². The number of ether oxygens (including phenoxy) is 2. The van der Waals surface area contributed by atoms with Crippen molar-refractivity contribution >= 4 is 0 Å². The van der Waals surface area contributed by atoms with Crippen molar-refractivity contribution in [3.63, 3.8) is 0 Å². The number of nitriles is 1. The average Bonchev–Trinajstić information content (AvgIpc) is 2.92. The topological polar surface area (TPSA) is 54.3 Å². The monoisotopic (exact) mass is 258 g/mol. The molecule has 0 radical (unpaired) electrons. The van der Waals surface area contributed by atoms with Crippen molar-refractivity contribution < 1.29 is 9.47 Å². The van der Waals surface area contributed by atoms with E-state index in [-0.39, 0.29) is 5.92 Å². The Morgan fingerprint density at radius 3 is 3.05 bits per heavy atom. The quantitative estimate of drug-likeness (QED) is 0.903. The van der Waals surface area contributed by atoms with E-state index in [4.69, 9.17) is 14.7 Å². The van der Waals surface area contributed by atoms with E-state index < -0.39 is 0 Å². The second-order valence-electron chi connectivity index (χ2n) is 5.10. The average molecular weight is 258 g/mol. The lowest BCUT2D eigenvalue weighted by molar-refractivity contribution is 0.169. The van der Waals surface area contributed by atoms with Gasteiger partial charge in [-0.1, -0.05) is 18.6 Å². The summed E-state index contributed by atoms with van der Waals surface area (Å²) < 4.78 is 11.3. The van der Waals surface area contributed by atoms with Gasteiger partial charge in [0.15, 0.2) is 11.5 Å². The van der Waals surface area contributed by atoms with Crippen LogP contribution in [0.3, 0.4) is 0 Å². The first kappa shape index (κ1) is 12.3. The van der Waals surface area contributed by atoms with Gasteiger partial charge < -0.3 is 14.8 Å². The second kappa shape index (κ2) is 5.50. The Hall–Kier alpha value is -1.73. The van der Waals surface area contributed by atoms with Gasteiger partial charge in [-0.05, 0) is 18.9 Å². The van der Waals surface area contributed by atoms with Gasteiger partial charge in [-0.2, -0.15) is 5.26 Å². The predicted octanol–water partition coefficient (Wildman–Crippen LogP) is 2.24. The smallest absolute Gasteiger partial charge is 0.165 e. The summed E-state index contributed by atoms with van der Waals surface area (Å²) in [6, 6.07) is 8.68. The van der Waals surface area contributed by atoms with Crippen molar-refractivity contribution in [2.75, 3.05) is 13.2 Å². The Morgan fingerprint density at radius 2 is 2.16 bits per heavy atom. The van der Waals surface area contributed by atoms with E-state index in [0.717, 1.165) is 42.9 Å². The molecule has 2 unspecified atom stereocenters. The molecule has 2 aliphatic rings. The summed E-state index contributed by atoms with van der Waals surface area (Å²) >= 11 is 0. The number of rotatable bonds is 3. The summed E-state index contributed by atoms with van der Waals surface area (Å²) in [5.41, 5.74) is 1.11. The molecule has 0 amide bonds. The highest BCUT2D eigenvalue weighted by atomic mass is 16.6. The van der Waals surface area contributed by atoms with Crippen LogP contribution in [0.15, 0.2) is 18.2 Å². The maximum absolute atomic E-state index is 9.09.